The Morgan fingerprint density at radius 3 is 2.89 bits per heavy atom. The quantitative estimate of drug-likeness (QED) is 0.862. The predicted molar refractivity (Wildman–Crippen MR) is 74.7 cm³/mol. The van der Waals surface area contributed by atoms with Gasteiger partial charge in [-0.25, -0.2) is 0 Å². The molecule has 0 aliphatic carbocycles. The van der Waals surface area contributed by atoms with Crippen molar-refractivity contribution < 1.29 is 14.7 Å². The standard InChI is InChI=1S/C14H19NO3S/c1-10(17)11-8-13(19-9-11)14(18)15-6-3-2-4-12(15)5-7-16/h8-9,12,16H,2-7H2,1H3. The number of hydrogen-bond acceptors (Lipinski definition) is 4. The van der Waals surface area contributed by atoms with Crippen LogP contribution in [0.1, 0.15) is 52.6 Å². The van der Waals surface area contributed by atoms with E-state index in [0.29, 0.717) is 16.9 Å². The van der Waals surface area contributed by atoms with Crippen LogP contribution in [-0.2, 0) is 0 Å². The summed E-state index contributed by atoms with van der Waals surface area (Å²) >= 11 is 1.33. The second kappa shape index (κ2) is 6.30. The summed E-state index contributed by atoms with van der Waals surface area (Å²) < 4.78 is 0. The molecular formula is C14H19NO3S. The van der Waals surface area contributed by atoms with Gasteiger partial charge in [-0.05, 0) is 38.7 Å². The second-order valence-corrected chi connectivity index (χ2v) is 5.83. The zero-order chi connectivity index (χ0) is 13.8. The van der Waals surface area contributed by atoms with Crippen molar-refractivity contribution >= 4 is 23.0 Å². The molecule has 1 atom stereocenters. The minimum absolute atomic E-state index is 0.00403. The maximum Gasteiger partial charge on any atom is 0.264 e. The normalized spacial score (nSPS) is 19.5. The fourth-order valence-electron chi connectivity index (χ4n) is 2.49. The van der Waals surface area contributed by atoms with E-state index < -0.39 is 0 Å². The number of amides is 1. The molecule has 2 rings (SSSR count). The van der Waals surface area contributed by atoms with Gasteiger partial charge in [-0.2, -0.15) is 0 Å². The minimum Gasteiger partial charge on any atom is -0.396 e. The first kappa shape index (κ1) is 14.2. The van der Waals surface area contributed by atoms with Gasteiger partial charge in [0.25, 0.3) is 5.91 Å². The molecule has 2 heterocycles. The van der Waals surface area contributed by atoms with E-state index in [1.54, 1.807) is 11.4 Å². The fraction of sp³-hybridized carbons (Fsp3) is 0.571. The Morgan fingerprint density at radius 2 is 2.26 bits per heavy atom. The highest BCUT2D eigenvalue weighted by atomic mass is 32.1. The number of likely N-dealkylation sites (tertiary alicyclic amines) is 1. The highest BCUT2D eigenvalue weighted by molar-refractivity contribution is 7.12. The lowest BCUT2D eigenvalue weighted by atomic mass is 9.99. The number of rotatable bonds is 4. The van der Waals surface area contributed by atoms with Crippen LogP contribution in [0.4, 0.5) is 0 Å². The number of hydrogen-bond donors (Lipinski definition) is 1. The van der Waals surface area contributed by atoms with E-state index in [-0.39, 0.29) is 24.3 Å². The van der Waals surface area contributed by atoms with E-state index in [1.807, 2.05) is 4.90 Å². The van der Waals surface area contributed by atoms with Crippen molar-refractivity contribution in [3.8, 4) is 0 Å². The lowest BCUT2D eigenvalue weighted by molar-refractivity contribution is 0.0579. The van der Waals surface area contributed by atoms with Crippen molar-refractivity contribution in [1.82, 2.24) is 4.90 Å². The lowest BCUT2D eigenvalue weighted by Crippen LogP contribution is -2.43. The summed E-state index contributed by atoms with van der Waals surface area (Å²) in [6, 6.07) is 1.81. The molecule has 1 unspecified atom stereocenters. The summed E-state index contributed by atoms with van der Waals surface area (Å²) in [6.45, 7) is 2.36. The number of piperidine rings is 1. The van der Waals surface area contributed by atoms with E-state index in [4.69, 9.17) is 5.11 Å². The van der Waals surface area contributed by atoms with Gasteiger partial charge in [0, 0.05) is 30.1 Å². The van der Waals surface area contributed by atoms with Gasteiger partial charge in [0.1, 0.15) is 0 Å². The molecule has 0 spiro atoms. The van der Waals surface area contributed by atoms with Crippen LogP contribution in [0.5, 0.6) is 0 Å². The van der Waals surface area contributed by atoms with Crippen LogP contribution in [0.15, 0.2) is 11.4 Å². The molecule has 1 N–H and O–H groups in total. The number of aliphatic hydroxyl groups excluding tert-OH is 1. The number of Topliss-reactive ketones (excluding diaryl/α,β-unsaturated/α-hetero) is 1. The second-order valence-electron chi connectivity index (χ2n) is 4.92. The summed E-state index contributed by atoms with van der Waals surface area (Å²) in [4.78, 5) is 26.2. The van der Waals surface area contributed by atoms with E-state index >= 15 is 0 Å². The largest absolute Gasteiger partial charge is 0.396 e. The molecule has 1 aromatic rings. The zero-order valence-electron chi connectivity index (χ0n) is 11.1. The molecule has 1 amide bonds. The minimum atomic E-state index is -0.0131. The van der Waals surface area contributed by atoms with Crippen molar-refractivity contribution in [3.05, 3.63) is 21.9 Å². The van der Waals surface area contributed by atoms with E-state index in [1.165, 1.54) is 18.3 Å². The Morgan fingerprint density at radius 1 is 1.47 bits per heavy atom. The Bertz CT molecular complexity index is 467. The van der Waals surface area contributed by atoms with Gasteiger partial charge in [0.15, 0.2) is 5.78 Å². The van der Waals surface area contributed by atoms with E-state index in [2.05, 4.69) is 0 Å². The highest BCUT2D eigenvalue weighted by Crippen LogP contribution is 2.24. The molecule has 0 radical (unpaired) electrons. The molecule has 5 heteroatoms. The molecule has 0 bridgehead atoms. The lowest BCUT2D eigenvalue weighted by Gasteiger charge is -2.35. The van der Waals surface area contributed by atoms with Crippen molar-refractivity contribution in [2.45, 2.75) is 38.6 Å². The van der Waals surface area contributed by atoms with Gasteiger partial charge in [0.05, 0.1) is 4.88 Å². The molecule has 0 saturated carbocycles. The van der Waals surface area contributed by atoms with Gasteiger partial charge in [-0.15, -0.1) is 11.3 Å². The van der Waals surface area contributed by atoms with Crippen LogP contribution in [-0.4, -0.2) is 40.9 Å². The maximum absolute atomic E-state index is 12.5. The average Bonchev–Trinajstić information content (AvgIpc) is 2.89. The van der Waals surface area contributed by atoms with Crippen LogP contribution >= 0.6 is 11.3 Å². The first-order valence-corrected chi connectivity index (χ1v) is 7.52. The van der Waals surface area contributed by atoms with Crippen molar-refractivity contribution in [1.29, 1.82) is 0 Å². The third-order valence-electron chi connectivity index (χ3n) is 3.57. The van der Waals surface area contributed by atoms with Crippen molar-refractivity contribution in [2.24, 2.45) is 0 Å². The molecule has 1 aliphatic rings. The molecular weight excluding hydrogens is 262 g/mol. The zero-order valence-corrected chi connectivity index (χ0v) is 11.9. The first-order chi connectivity index (χ1) is 9.13. The molecule has 4 nitrogen and oxygen atoms in total. The van der Waals surface area contributed by atoms with Crippen LogP contribution in [0.3, 0.4) is 0 Å². The van der Waals surface area contributed by atoms with Gasteiger partial charge in [-0.1, -0.05) is 0 Å². The van der Waals surface area contributed by atoms with Crippen molar-refractivity contribution in [3.63, 3.8) is 0 Å². The molecule has 1 saturated heterocycles. The van der Waals surface area contributed by atoms with Gasteiger partial charge in [-0.3, -0.25) is 9.59 Å². The molecule has 19 heavy (non-hydrogen) atoms. The smallest absolute Gasteiger partial charge is 0.264 e. The third-order valence-corrected chi connectivity index (χ3v) is 4.49. The number of aliphatic hydroxyl groups is 1. The number of carbonyl (C=O) groups excluding carboxylic acids is 2. The van der Waals surface area contributed by atoms with Crippen LogP contribution in [0, 0.1) is 0 Å². The summed E-state index contributed by atoms with van der Waals surface area (Å²) in [5.74, 6) is -0.0171. The molecule has 1 aliphatic heterocycles. The Hall–Kier alpha value is -1.20. The van der Waals surface area contributed by atoms with E-state index in [0.717, 1.165) is 25.8 Å². The number of ketones is 1. The van der Waals surface area contributed by atoms with Gasteiger partial charge in [0.2, 0.25) is 0 Å². The molecule has 1 fully saturated rings. The number of nitrogens with zero attached hydrogens (tertiary/aromatic N) is 1. The summed E-state index contributed by atoms with van der Waals surface area (Å²) in [5, 5.41) is 10.8. The Balaban J connectivity index is 2.13. The van der Waals surface area contributed by atoms with E-state index in [9.17, 15) is 9.59 Å². The Kier molecular flexibility index (Phi) is 4.71. The molecule has 104 valence electrons. The SMILES string of the molecule is CC(=O)c1csc(C(=O)N2CCCCC2CCO)c1. The van der Waals surface area contributed by atoms with Crippen LogP contribution in [0.25, 0.3) is 0 Å². The first-order valence-electron chi connectivity index (χ1n) is 6.64. The number of carbonyl (C=O) groups is 2. The molecule has 1 aromatic heterocycles. The third kappa shape index (κ3) is 3.22. The predicted octanol–water partition coefficient (Wildman–Crippen LogP) is 2.33. The highest BCUT2D eigenvalue weighted by Gasteiger charge is 2.27. The topological polar surface area (TPSA) is 57.6 Å². The number of thiophene rings is 1. The fourth-order valence-corrected chi connectivity index (χ4v) is 3.39. The summed E-state index contributed by atoms with van der Waals surface area (Å²) in [5.41, 5.74) is 0.601. The molecule has 0 aromatic carbocycles. The summed E-state index contributed by atoms with van der Waals surface area (Å²) in [6.07, 6.45) is 3.71. The Labute approximate surface area is 117 Å². The van der Waals surface area contributed by atoms with Gasteiger partial charge < -0.3 is 10.0 Å². The van der Waals surface area contributed by atoms with Gasteiger partial charge >= 0.3 is 0 Å². The van der Waals surface area contributed by atoms with Crippen LogP contribution < -0.4 is 0 Å². The van der Waals surface area contributed by atoms with Crippen LogP contribution in [0.2, 0.25) is 0 Å². The summed E-state index contributed by atoms with van der Waals surface area (Å²) in [7, 11) is 0. The average molecular weight is 281 g/mol. The maximum atomic E-state index is 12.5. The van der Waals surface area contributed by atoms with Crippen molar-refractivity contribution in [2.75, 3.05) is 13.2 Å². The monoisotopic (exact) mass is 281 g/mol.